The zero-order valence-electron chi connectivity index (χ0n) is 12.7. The van der Waals surface area contributed by atoms with Gasteiger partial charge in [-0.05, 0) is 19.1 Å². The molecule has 0 aliphatic rings. The number of benzene rings is 1. The van der Waals surface area contributed by atoms with Crippen LogP contribution < -0.4 is 9.47 Å². The van der Waals surface area contributed by atoms with Crippen molar-refractivity contribution in [1.29, 1.82) is 0 Å². The number of carbonyl (C=O) groups is 1. The maximum Gasteiger partial charge on any atom is 0.164 e. The van der Waals surface area contributed by atoms with Crippen molar-refractivity contribution in [2.75, 3.05) is 28.4 Å². The van der Waals surface area contributed by atoms with E-state index in [1.54, 1.807) is 40.6 Å². The lowest BCUT2D eigenvalue weighted by Gasteiger charge is -2.15. The van der Waals surface area contributed by atoms with Gasteiger partial charge < -0.3 is 18.9 Å². The zero-order chi connectivity index (χ0) is 15.1. The van der Waals surface area contributed by atoms with Crippen LogP contribution in [0.5, 0.6) is 11.5 Å². The van der Waals surface area contributed by atoms with E-state index in [4.69, 9.17) is 18.9 Å². The number of ether oxygens (including phenoxy) is 4. The minimum atomic E-state index is -0.362. The minimum Gasteiger partial charge on any atom is -0.493 e. The topological polar surface area (TPSA) is 54.0 Å². The molecule has 5 nitrogen and oxygen atoms in total. The summed E-state index contributed by atoms with van der Waals surface area (Å²) in [6, 6.07) is 3.50. The van der Waals surface area contributed by atoms with Gasteiger partial charge in [0.05, 0.1) is 14.2 Å². The Morgan fingerprint density at radius 3 is 2.25 bits per heavy atom. The Hall–Kier alpha value is -1.59. The van der Waals surface area contributed by atoms with Crippen molar-refractivity contribution in [3.05, 3.63) is 23.3 Å². The van der Waals surface area contributed by atoms with Crippen LogP contribution in [0.3, 0.4) is 0 Å². The Labute approximate surface area is 119 Å². The molecule has 0 fully saturated rings. The van der Waals surface area contributed by atoms with Gasteiger partial charge in [0.1, 0.15) is 0 Å². The number of Topliss-reactive ketones (excluding diaryl/α,β-unsaturated/α-hetero) is 1. The van der Waals surface area contributed by atoms with Gasteiger partial charge in [-0.1, -0.05) is 0 Å². The molecule has 0 radical (unpaired) electrons. The van der Waals surface area contributed by atoms with Crippen LogP contribution in [0.25, 0.3) is 0 Å². The fourth-order valence-electron chi connectivity index (χ4n) is 2.10. The zero-order valence-corrected chi connectivity index (χ0v) is 12.7. The van der Waals surface area contributed by atoms with E-state index in [2.05, 4.69) is 0 Å². The molecule has 0 spiro atoms. The van der Waals surface area contributed by atoms with Gasteiger partial charge in [-0.3, -0.25) is 4.79 Å². The van der Waals surface area contributed by atoms with Crippen molar-refractivity contribution < 1.29 is 23.7 Å². The molecule has 5 heteroatoms. The largest absolute Gasteiger partial charge is 0.493 e. The summed E-state index contributed by atoms with van der Waals surface area (Å²) in [5.74, 6) is 1.24. The van der Waals surface area contributed by atoms with Crippen LogP contribution in [0.1, 0.15) is 28.8 Å². The fourth-order valence-corrected chi connectivity index (χ4v) is 2.10. The summed E-state index contributed by atoms with van der Waals surface area (Å²) < 4.78 is 20.7. The first-order valence-electron chi connectivity index (χ1n) is 6.39. The molecule has 1 rings (SSSR count). The molecule has 0 saturated carbocycles. The van der Waals surface area contributed by atoms with Crippen molar-refractivity contribution >= 4 is 5.78 Å². The van der Waals surface area contributed by atoms with E-state index >= 15 is 0 Å². The molecule has 0 aromatic heterocycles. The summed E-state index contributed by atoms with van der Waals surface area (Å²) in [6.45, 7) is 1.85. The van der Waals surface area contributed by atoms with Crippen LogP contribution in [0.4, 0.5) is 0 Å². The maximum absolute atomic E-state index is 12.3. The van der Waals surface area contributed by atoms with Gasteiger partial charge in [0.2, 0.25) is 0 Å². The first-order valence-corrected chi connectivity index (χ1v) is 6.39. The summed E-state index contributed by atoms with van der Waals surface area (Å²) in [4.78, 5) is 12.3. The Balaban J connectivity index is 2.88. The van der Waals surface area contributed by atoms with Crippen molar-refractivity contribution in [2.45, 2.75) is 26.1 Å². The first kappa shape index (κ1) is 16.5. The third-order valence-electron chi connectivity index (χ3n) is 3.23. The van der Waals surface area contributed by atoms with Crippen LogP contribution in [0, 0.1) is 6.92 Å². The molecule has 0 aliphatic heterocycles. The van der Waals surface area contributed by atoms with E-state index < -0.39 is 0 Å². The normalized spacial score (nSPS) is 10.7. The number of ketones is 1. The van der Waals surface area contributed by atoms with E-state index in [1.807, 2.05) is 6.92 Å². The molecular weight excluding hydrogens is 260 g/mol. The van der Waals surface area contributed by atoms with Crippen molar-refractivity contribution in [2.24, 2.45) is 0 Å². The maximum atomic E-state index is 12.3. The second-order valence-corrected chi connectivity index (χ2v) is 4.34. The SMILES string of the molecule is COc1ccc(C(=O)CCC(OC)OC)c(C)c1OC. The second-order valence-electron chi connectivity index (χ2n) is 4.34. The lowest BCUT2D eigenvalue weighted by Crippen LogP contribution is -2.15. The van der Waals surface area contributed by atoms with Gasteiger partial charge in [0, 0.05) is 38.2 Å². The highest BCUT2D eigenvalue weighted by Gasteiger charge is 2.17. The van der Waals surface area contributed by atoms with Crippen LogP contribution in [0.15, 0.2) is 12.1 Å². The minimum absolute atomic E-state index is 0.0301. The standard InChI is InChI=1S/C15H22O5/c1-10-11(6-8-13(17-2)15(10)20-5)12(16)7-9-14(18-3)19-4/h6,8,14H,7,9H2,1-5H3. The summed E-state index contributed by atoms with van der Waals surface area (Å²) >= 11 is 0. The molecule has 0 N–H and O–H groups in total. The molecule has 1 aromatic rings. The Kier molecular flexibility index (Phi) is 6.48. The van der Waals surface area contributed by atoms with Crippen molar-refractivity contribution in [3.8, 4) is 11.5 Å². The molecule has 0 unspecified atom stereocenters. The molecule has 0 heterocycles. The predicted molar refractivity (Wildman–Crippen MR) is 75.7 cm³/mol. The monoisotopic (exact) mass is 282 g/mol. The smallest absolute Gasteiger partial charge is 0.164 e. The highest BCUT2D eigenvalue weighted by molar-refractivity contribution is 5.98. The van der Waals surface area contributed by atoms with Crippen molar-refractivity contribution in [1.82, 2.24) is 0 Å². The molecule has 0 saturated heterocycles. The summed E-state index contributed by atoms with van der Waals surface area (Å²) in [5.41, 5.74) is 1.41. The number of rotatable bonds is 8. The van der Waals surface area contributed by atoms with Gasteiger partial charge in [-0.15, -0.1) is 0 Å². The first-order chi connectivity index (χ1) is 9.58. The highest BCUT2D eigenvalue weighted by Crippen LogP contribution is 2.33. The number of hydrogen-bond acceptors (Lipinski definition) is 5. The van der Waals surface area contributed by atoms with Crippen LogP contribution in [0.2, 0.25) is 0 Å². The number of methoxy groups -OCH3 is 4. The highest BCUT2D eigenvalue weighted by atomic mass is 16.7. The summed E-state index contributed by atoms with van der Waals surface area (Å²) in [6.07, 6.45) is 0.502. The average molecular weight is 282 g/mol. The number of carbonyl (C=O) groups excluding carboxylic acids is 1. The predicted octanol–water partition coefficient (Wildman–Crippen LogP) is 2.59. The lowest BCUT2D eigenvalue weighted by atomic mass is 10.00. The van der Waals surface area contributed by atoms with E-state index in [9.17, 15) is 4.79 Å². The lowest BCUT2D eigenvalue weighted by molar-refractivity contribution is -0.105. The van der Waals surface area contributed by atoms with Crippen molar-refractivity contribution in [3.63, 3.8) is 0 Å². The third-order valence-corrected chi connectivity index (χ3v) is 3.23. The molecule has 112 valence electrons. The van der Waals surface area contributed by atoms with Gasteiger partial charge in [-0.2, -0.15) is 0 Å². The molecule has 0 bridgehead atoms. The molecule has 0 aliphatic carbocycles. The van der Waals surface area contributed by atoms with Gasteiger partial charge >= 0.3 is 0 Å². The van der Waals surface area contributed by atoms with E-state index in [-0.39, 0.29) is 12.1 Å². The summed E-state index contributed by atoms with van der Waals surface area (Å²) in [7, 11) is 6.24. The molecule has 1 aromatic carbocycles. The average Bonchev–Trinajstić information content (AvgIpc) is 2.47. The van der Waals surface area contributed by atoms with Crippen LogP contribution in [-0.2, 0) is 9.47 Å². The van der Waals surface area contributed by atoms with Gasteiger partial charge in [0.15, 0.2) is 23.6 Å². The molecule has 20 heavy (non-hydrogen) atoms. The van der Waals surface area contributed by atoms with E-state index in [0.717, 1.165) is 5.56 Å². The van der Waals surface area contributed by atoms with E-state index in [0.29, 0.717) is 29.9 Å². The third kappa shape index (κ3) is 3.71. The Morgan fingerprint density at radius 1 is 1.10 bits per heavy atom. The van der Waals surface area contributed by atoms with Crippen LogP contribution >= 0.6 is 0 Å². The Bertz CT molecular complexity index is 452. The molecule has 0 atom stereocenters. The molecule has 0 amide bonds. The number of hydrogen-bond donors (Lipinski definition) is 0. The Morgan fingerprint density at radius 2 is 1.75 bits per heavy atom. The van der Waals surface area contributed by atoms with Gasteiger partial charge in [-0.25, -0.2) is 0 Å². The fraction of sp³-hybridized carbons (Fsp3) is 0.533. The molecular formula is C15H22O5. The van der Waals surface area contributed by atoms with Crippen LogP contribution in [-0.4, -0.2) is 40.5 Å². The summed E-state index contributed by atoms with van der Waals surface area (Å²) in [5, 5.41) is 0. The van der Waals surface area contributed by atoms with E-state index in [1.165, 1.54) is 0 Å². The van der Waals surface area contributed by atoms with Gasteiger partial charge in [0.25, 0.3) is 0 Å². The second kappa shape index (κ2) is 7.87. The quantitative estimate of drug-likeness (QED) is 0.542.